The van der Waals surface area contributed by atoms with E-state index in [2.05, 4.69) is 24.5 Å². The van der Waals surface area contributed by atoms with Crippen LogP contribution in [0, 0.1) is 12.8 Å². The van der Waals surface area contributed by atoms with Crippen molar-refractivity contribution in [3.63, 3.8) is 0 Å². The Bertz CT molecular complexity index is 904. The van der Waals surface area contributed by atoms with E-state index in [4.69, 9.17) is 14.2 Å². The van der Waals surface area contributed by atoms with Crippen LogP contribution in [0.2, 0.25) is 0 Å². The van der Waals surface area contributed by atoms with Crippen molar-refractivity contribution in [2.75, 3.05) is 26.1 Å². The van der Waals surface area contributed by atoms with Crippen LogP contribution in [0.25, 0.3) is 0 Å². The van der Waals surface area contributed by atoms with E-state index in [9.17, 15) is 14.4 Å². The lowest BCUT2D eigenvalue weighted by molar-refractivity contribution is -0.143. The quantitative estimate of drug-likeness (QED) is 0.411. The van der Waals surface area contributed by atoms with Gasteiger partial charge >= 0.3 is 18.0 Å². The number of hydrogen-bond donors (Lipinski definition) is 2. The van der Waals surface area contributed by atoms with E-state index in [1.807, 2.05) is 19.9 Å². The Kier molecular flexibility index (Phi) is 9.11. The van der Waals surface area contributed by atoms with E-state index in [1.54, 1.807) is 7.11 Å². The number of ether oxygens (including phenoxy) is 3. The Balaban J connectivity index is 2.23. The number of methoxy groups -OCH3 is 1. The average Bonchev–Trinajstić information content (AvgIpc) is 3.14. The second-order valence-corrected chi connectivity index (χ2v) is 8.30. The van der Waals surface area contributed by atoms with E-state index in [1.165, 1.54) is 7.05 Å². The van der Waals surface area contributed by atoms with Crippen LogP contribution >= 0.6 is 0 Å². The number of anilines is 1. The van der Waals surface area contributed by atoms with Crippen LogP contribution in [0.15, 0.2) is 11.6 Å². The molecule has 1 aromatic rings. The van der Waals surface area contributed by atoms with Crippen molar-refractivity contribution in [2.45, 2.75) is 60.0 Å². The molecule has 0 fully saturated rings. The predicted octanol–water partition coefficient (Wildman–Crippen LogP) is 4.28. The number of carbonyl (C=O) groups is 3. The van der Waals surface area contributed by atoms with Gasteiger partial charge in [-0.2, -0.15) is 0 Å². The first-order chi connectivity index (χ1) is 15.2. The normalized spacial score (nSPS) is 13.0. The molecule has 0 unspecified atom stereocenters. The molecule has 0 saturated heterocycles. The summed E-state index contributed by atoms with van der Waals surface area (Å²) in [6.45, 7) is 8.57. The molecule has 8 heteroatoms. The van der Waals surface area contributed by atoms with Gasteiger partial charge in [-0.05, 0) is 44.6 Å². The first-order valence-corrected chi connectivity index (χ1v) is 10.9. The molecular weight excluding hydrogens is 412 g/mol. The van der Waals surface area contributed by atoms with Crippen molar-refractivity contribution >= 4 is 23.7 Å². The van der Waals surface area contributed by atoms with E-state index in [0.29, 0.717) is 59.9 Å². The average molecular weight is 447 g/mol. The fourth-order valence-electron chi connectivity index (χ4n) is 3.52. The standard InChI is InChI=1S/C24H34N2O6/c1-14(2)11-12-31-19(27)10-8-15(3)7-9-17-21(26-24(29)25-5)20-18(13-32-23(20)28)16(4)22(17)30-6/h7,14H,8-13H2,1-6H3,(H2,25,26,29). The molecule has 0 aromatic heterocycles. The fraction of sp³-hybridized carbons (Fsp3) is 0.542. The van der Waals surface area contributed by atoms with Crippen LogP contribution in [-0.2, 0) is 27.3 Å². The molecule has 2 rings (SSSR count). The number of benzene rings is 1. The summed E-state index contributed by atoms with van der Waals surface area (Å²) in [6, 6.07) is -0.441. The smallest absolute Gasteiger partial charge is 0.341 e. The van der Waals surface area contributed by atoms with E-state index < -0.39 is 12.0 Å². The van der Waals surface area contributed by atoms with Gasteiger partial charge in [-0.3, -0.25) is 4.79 Å². The van der Waals surface area contributed by atoms with Crippen LogP contribution in [0.4, 0.5) is 10.5 Å². The third-order valence-corrected chi connectivity index (χ3v) is 5.48. The van der Waals surface area contributed by atoms with Gasteiger partial charge in [-0.15, -0.1) is 0 Å². The van der Waals surface area contributed by atoms with E-state index >= 15 is 0 Å². The topological polar surface area (TPSA) is 103 Å². The number of nitrogens with one attached hydrogen (secondary N) is 2. The van der Waals surface area contributed by atoms with Gasteiger partial charge in [0.05, 0.1) is 25.0 Å². The van der Waals surface area contributed by atoms with E-state index in [-0.39, 0.29) is 12.6 Å². The zero-order chi connectivity index (χ0) is 23.8. The molecule has 2 N–H and O–H groups in total. The summed E-state index contributed by atoms with van der Waals surface area (Å²) in [7, 11) is 3.06. The number of carbonyl (C=O) groups excluding carboxylic acids is 3. The monoisotopic (exact) mass is 446 g/mol. The highest BCUT2D eigenvalue weighted by Crippen LogP contribution is 2.41. The van der Waals surface area contributed by atoms with Gasteiger partial charge in [0.15, 0.2) is 0 Å². The molecule has 0 radical (unpaired) electrons. The molecule has 1 heterocycles. The minimum atomic E-state index is -0.469. The highest BCUT2D eigenvalue weighted by atomic mass is 16.5. The summed E-state index contributed by atoms with van der Waals surface area (Å²) in [5, 5.41) is 5.28. The number of rotatable bonds is 10. The number of hydrogen-bond acceptors (Lipinski definition) is 6. The van der Waals surface area contributed by atoms with Gasteiger partial charge in [0, 0.05) is 24.6 Å². The Morgan fingerprint density at radius 2 is 1.97 bits per heavy atom. The molecular formula is C24H34N2O6. The highest BCUT2D eigenvalue weighted by molar-refractivity contribution is 6.05. The summed E-state index contributed by atoms with van der Waals surface area (Å²) in [5.74, 6) is 0.410. The van der Waals surface area contributed by atoms with Gasteiger partial charge in [-0.25, -0.2) is 9.59 Å². The third-order valence-electron chi connectivity index (χ3n) is 5.48. The van der Waals surface area contributed by atoms with Gasteiger partial charge in [-0.1, -0.05) is 25.5 Å². The SMILES string of the molecule is CNC(=O)Nc1c(CC=C(C)CCC(=O)OCCC(C)C)c(OC)c(C)c2c1C(=O)OC2. The molecule has 1 aliphatic rings. The number of cyclic esters (lactones) is 1. The van der Waals surface area contributed by atoms with E-state index in [0.717, 1.165) is 17.6 Å². The van der Waals surface area contributed by atoms with Crippen molar-refractivity contribution < 1.29 is 28.6 Å². The largest absolute Gasteiger partial charge is 0.496 e. The maximum Gasteiger partial charge on any atom is 0.341 e. The molecule has 176 valence electrons. The van der Waals surface area contributed by atoms with Crippen LogP contribution in [0.3, 0.4) is 0 Å². The zero-order valence-corrected chi connectivity index (χ0v) is 19.8. The minimum Gasteiger partial charge on any atom is -0.496 e. The van der Waals surface area contributed by atoms with Crippen molar-refractivity contribution in [2.24, 2.45) is 5.92 Å². The molecule has 8 nitrogen and oxygen atoms in total. The maximum absolute atomic E-state index is 12.4. The van der Waals surface area contributed by atoms with Gasteiger partial charge in [0.2, 0.25) is 0 Å². The molecule has 1 aromatic carbocycles. The Labute approximate surface area is 189 Å². The second-order valence-electron chi connectivity index (χ2n) is 8.30. The molecule has 0 aliphatic carbocycles. The number of amides is 2. The number of esters is 2. The molecule has 32 heavy (non-hydrogen) atoms. The molecule has 0 spiro atoms. The zero-order valence-electron chi connectivity index (χ0n) is 19.8. The summed E-state index contributed by atoms with van der Waals surface area (Å²) < 4.78 is 16.1. The number of urea groups is 1. The lowest BCUT2D eigenvalue weighted by Crippen LogP contribution is -2.26. The van der Waals surface area contributed by atoms with Gasteiger partial charge in [0.25, 0.3) is 0 Å². The predicted molar refractivity (Wildman–Crippen MR) is 122 cm³/mol. The lowest BCUT2D eigenvalue weighted by atomic mass is 9.93. The van der Waals surface area contributed by atoms with Gasteiger partial charge < -0.3 is 24.8 Å². The molecule has 0 saturated carbocycles. The Morgan fingerprint density at radius 1 is 1.25 bits per heavy atom. The van der Waals surface area contributed by atoms with Crippen molar-refractivity contribution in [1.82, 2.24) is 5.32 Å². The summed E-state index contributed by atoms with van der Waals surface area (Å²) in [4.78, 5) is 36.4. The molecule has 1 aliphatic heterocycles. The number of allylic oxidation sites excluding steroid dienone is 2. The fourth-order valence-corrected chi connectivity index (χ4v) is 3.52. The molecule has 2 amide bonds. The van der Waals surface area contributed by atoms with Crippen molar-refractivity contribution in [3.8, 4) is 5.75 Å². The summed E-state index contributed by atoms with van der Waals surface area (Å²) >= 11 is 0. The summed E-state index contributed by atoms with van der Waals surface area (Å²) in [6.07, 6.45) is 4.10. The lowest BCUT2D eigenvalue weighted by Gasteiger charge is -2.19. The van der Waals surface area contributed by atoms with Crippen LogP contribution in [0.1, 0.15) is 67.1 Å². The Morgan fingerprint density at radius 3 is 2.59 bits per heavy atom. The molecule has 0 atom stereocenters. The highest BCUT2D eigenvalue weighted by Gasteiger charge is 2.32. The van der Waals surface area contributed by atoms with Crippen molar-refractivity contribution in [3.05, 3.63) is 33.9 Å². The van der Waals surface area contributed by atoms with Crippen LogP contribution < -0.4 is 15.4 Å². The third kappa shape index (κ3) is 6.24. The summed E-state index contributed by atoms with van der Waals surface area (Å²) in [5.41, 5.74) is 3.96. The number of fused-ring (bicyclic) bond motifs is 1. The first-order valence-electron chi connectivity index (χ1n) is 10.9. The second kappa shape index (κ2) is 11.5. The van der Waals surface area contributed by atoms with Crippen LogP contribution in [-0.4, -0.2) is 38.7 Å². The van der Waals surface area contributed by atoms with Crippen LogP contribution in [0.5, 0.6) is 5.75 Å². The Hall–Kier alpha value is -3.03. The van der Waals surface area contributed by atoms with Crippen molar-refractivity contribution in [1.29, 1.82) is 0 Å². The minimum absolute atomic E-state index is 0.146. The molecule has 0 bridgehead atoms. The first kappa shape index (κ1) is 25.2. The maximum atomic E-state index is 12.4. The van der Waals surface area contributed by atoms with Gasteiger partial charge in [0.1, 0.15) is 12.4 Å².